The van der Waals surface area contributed by atoms with E-state index in [0.717, 1.165) is 24.9 Å². The second kappa shape index (κ2) is 9.85. The van der Waals surface area contributed by atoms with Crippen LogP contribution in [0.3, 0.4) is 0 Å². The van der Waals surface area contributed by atoms with Crippen molar-refractivity contribution in [3.05, 3.63) is 59.7 Å². The van der Waals surface area contributed by atoms with E-state index in [2.05, 4.69) is 6.07 Å². The molecule has 0 saturated carbocycles. The molecule has 7 nitrogen and oxygen atoms in total. The molecule has 168 valence electrons. The van der Waals surface area contributed by atoms with Gasteiger partial charge in [0.25, 0.3) is 5.91 Å². The second-order valence-electron chi connectivity index (χ2n) is 8.36. The summed E-state index contributed by atoms with van der Waals surface area (Å²) in [5.41, 5.74) is 7.99. The van der Waals surface area contributed by atoms with Crippen molar-refractivity contribution in [2.75, 3.05) is 24.6 Å². The first-order chi connectivity index (χ1) is 15.5. The van der Waals surface area contributed by atoms with Gasteiger partial charge in [0.15, 0.2) is 0 Å². The van der Waals surface area contributed by atoms with Crippen LogP contribution in [0.4, 0.5) is 5.69 Å². The van der Waals surface area contributed by atoms with Crippen LogP contribution in [0, 0.1) is 0 Å². The molecule has 0 atom stereocenters. The van der Waals surface area contributed by atoms with Crippen LogP contribution in [-0.4, -0.2) is 48.4 Å². The summed E-state index contributed by atoms with van der Waals surface area (Å²) >= 11 is 0. The maximum Gasteiger partial charge on any atom is 0.253 e. The summed E-state index contributed by atoms with van der Waals surface area (Å²) < 4.78 is 5.59. The molecular weight excluding hydrogens is 406 g/mol. The van der Waals surface area contributed by atoms with Crippen LogP contribution in [0.25, 0.3) is 0 Å². The van der Waals surface area contributed by atoms with E-state index in [-0.39, 0.29) is 23.8 Å². The maximum absolute atomic E-state index is 12.9. The van der Waals surface area contributed by atoms with Gasteiger partial charge in [-0.05, 0) is 61.6 Å². The van der Waals surface area contributed by atoms with Gasteiger partial charge in [0, 0.05) is 43.2 Å². The molecule has 0 aliphatic carbocycles. The van der Waals surface area contributed by atoms with Gasteiger partial charge in [-0.15, -0.1) is 0 Å². The van der Waals surface area contributed by atoms with E-state index in [9.17, 15) is 14.4 Å². The minimum absolute atomic E-state index is 0.00546. The van der Waals surface area contributed by atoms with Crippen molar-refractivity contribution in [2.24, 2.45) is 5.73 Å². The van der Waals surface area contributed by atoms with Crippen LogP contribution < -0.4 is 15.4 Å². The Hall–Kier alpha value is -3.35. The van der Waals surface area contributed by atoms with Crippen molar-refractivity contribution >= 4 is 23.4 Å². The number of hydrogen-bond donors (Lipinski definition) is 1. The highest BCUT2D eigenvalue weighted by atomic mass is 16.5. The lowest BCUT2D eigenvalue weighted by atomic mass is 9.95. The quantitative estimate of drug-likeness (QED) is 0.677. The fourth-order valence-corrected chi connectivity index (χ4v) is 4.49. The molecule has 2 N–H and O–H groups in total. The van der Waals surface area contributed by atoms with E-state index in [1.807, 2.05) is 28.0 Å². The number of piperidine rings is 1. The SMILES string of the molecule is NC(=O)CCCOc1ccc(C(=O)N2CCC(N3C(=O)CCc4ccccc43)CC2)cc1. The fourth-order valence-electron chi connectivity index (χ4n) is 4.49. The van der Waals surface area contributed by atoms with Gasteiger partial charge >= 0.3 is 0 Å². The van der Waals surface area contributed by atoms with Crippen LogP contribution in [0.5, 0.6) is 5.75 Å². The number of amides is 3. The smallest absolute Gasteiger partial charge is 0.253 e. The van der Waals surface area contributed by atoms with Gasteiger partial charge in [-0.2, -0.15) is 0 Å². The number of anilines is 1. The van der Waals surface area contributed by atoms with Crippen LogP contribution in [0.1, 0.15) is 48.0 Å². The van der Waals surface area contributed by atoms with Crippen LogP contribution >= 0.6 is 0 Å². The Balaban J connectivity index is 1.32. The highest BCUT2D eigenvalue weighted by molar-refractivity contribution is 5.97. The normalized spacial score (nSPS) is 16.6. The third-order valence-electron chi connectivity index (χ3n) is 6.18. The van der Waals surface area contributed by atoms with Crippen LogP contribution in [-0.2, 0) is 16.0 Å². The molecule has 2 aromatic rings. The number of carbonyl (C=O) groups excluding carboxylic acids is 3. The Bertz CT molecular complexity index is 981. The molecule has 0 bridgehead atoms. The van der Waals surface area contributed by atoms with Gasteiger partial charge < -0.3 is 20.3 Å². The van der Waals surface area contributed by atoms with Crippen molar-refractivity contribution in [3.8, 4) is 5.75 Å². The molecule has 32 heavy (non-hydrogen) atoms. The number of aryl methyl sites for hydroxylation is 1. The second-order valence-corrected chi connectivity index (χ2v) is 8.36. The molecule has 1 fully saturated rings. The third kappa shape index (κ3) is 4.93. The largest absolute Gasteiger partial charge is 0.494 e. The average molecular weight is 436 g/mol. The Morgan fingerprint density at radius 2 is 1.72 bits per heavy atom. The first kappa shape index (κ1) is 21.9. The lowest BCUT2D eigenvalue weighted by Gasteiger charge is -2.41. The van der Waals surface area contributed by atoms with Crippen molar-refractivity contribution in [1.29, 1.82) is 0 Å². The highest BCUT2D eigenvalue weighted by Gasteiger charge is 2.33. The summed E-state index contributed by atoms with van der Waals surface area (Å²) in [5, 5.41) is 0. The Morgan fingerprint density at radius 3 is 2.44 bits per heavy atom. The molecule has 0 unspecified atom stereocenters. The molecule has 0 radical (unpaired) electrons. The van der Waals surface area contributed by atoms with Gasteiger partial charge in [0.2, 0.25) is 11.8 Å². The summed E-state index contributed by atoms with van der Waals surface area (Å²) in [7, 11) is 0. The molecule has 2 aliphatic heterocycles. The van der Waals surface area contributed by atoms with Gasteiger partial charge in [0.1, 0.15) is 5.75 Å². The van der Waals surface area contributed by atoms with Crippen molar-refractivity contribution in [1.82, 2.24) is 4.90 Å². The lowest BCUT2D eigenvalue weighted by Crippen LogP contribution is -2.50. The van der Waals surface area contributed by atoms with E-state index in [4.69, 9.17) is 10.5 Å². The summed E-state index contributed by atoms with van der Waals surface area (Å²) in [4.78, 5) is 40.2. The van der Waals surface area contributed by atoms with Crippen molar-refractivity contribution in [2.45, 2.75) is 44.6 Å². The maximum atomic E-state index is 12.9. The molecule has 2 heterocycles. The zero-order valence-electron chi connectivity index (χ0n) is 18.2. The number of nitrogens with zero attached hydrogens (tertiary/aromatic N) is 2. The molecule has 0 aromatic heterocycles. The highest BCUT2D eigenvalue weighted by Crippen LogP contribution is 2.32. The van der Waals surface area contributed by atoms with Crippen LogP contribution in [0.15, 0.2) is 48.5 Å². The zero-order chi connectivity index (χ0) is 22.5. The lowest BCUT2D eigenvalue weighted by molar-refractivity contribution is -0.120. The monoisotopic (exact) mass is 435 g/mol. The van der Waals surface area contributed by atoms with E-state index in [0.29, 0.717) is 50.3 Å². The molecule has 2 aromatic carbocycles. The predicted molar refractivity (Wildman–Crippen MR) is 122 cm³/mol. The number of likely N-dealkylation sites (tertiary alicyclic amines) is 1. The van der Waals surface area contributed by atoms with Crippen molar-refractivity contribution < 1.29 is 19.1 Å². The number of hydrogen-bond acceptors (Lipinski definition) is 4. The number of rotatable bonds is 7. The Kier molecular flexibility index (Phi) is 6.73. The Morgan fingerprint density at radius 1 is 1.00 bits per heavy atom. The number of carbonyl (C=O) groups is 3. The summed E-state index contributed by atoms with van der Waals surface area (Å²) in [6, 6.07) is 15.3. The Labute approximate surface area is 188 Å². The van der Waals surface area contributed by atoms with Gasteiger partial charge in [-0.25, -0.2) is 0 Å². The van der Waals surface area contributed by atoms with Gasteiger partial charge in [-0.1, -0.05) is 18.2 Å². The predicted octanol–water partition coefficient (Wildman–Crippen LogP) is 2.91. The van der Waals surface area contributed by atoms with Gasteiger partial charge in [-0.3, -0.25) is 14.4 Å². The molecule has 4 rings (SSSR count). The number of nitrogens with two attached hydrogens (primary N) is 1. The van der Waals surface area contributed by atoms with Gasteiger partial charge in [0.05, 0.1) is 6.61 Å². The van der Waals surface area contributed by atoms with E-state index in [1.54, 1.807) is 24.3 Å². The molecule has 2 aliphatic rings. The minimum atomic E-state index is -0.341. The zero-order valence-corrected chi connectivity index (χ0v) is 18.2. The minimum Gasteiger partial charge on any atom is -0.494 e. The summed E-state index contributed by atoms with van der Waals surface area (Å²) in [6.45, 7) is 1.66. The van der Waals surface area contributed by atoms with E-state index >= 15 is 0 Å². The number of fused-ring (bicyclic) bond motifs is 1. The number of benzene rings is 2. The topological polar surface area (TPSA) is 92.9 Å². The van der Waals surface area contributed by atoms with E-state index in [1.165, 1.54) is 5.56 Å². The van der Waals surface area contributed by atoms with Crippen LogP contribution in [0.2, 0.25) is 0 Å². The molecule has 0 spiro atoms. The number of para-hydroxylation sites is 1. The summed E-state index contributed by atoms with van der Waals surface area (Å²) in [5.74, 6) is 0.494. The first-order valence-corrected chi connectivity index (χ1v) is 11.2. The molecule has 3 amide bonds. The third-order valence-corrected chi connectivity index (χ3v) is 6.18. The number of ether oxygens (including phenoxy) is 1. The average Bonchev–Trinajstić information content (AvgIpc) is 2.82. The first-order valence-electron chi connectivity index (χ1n) is 11.2. The molecule has 1 saturated heterocycles. The summed E-state index contributed by atoms with van der Waals surface area (Å²) in [6.07, 6.45) is 3.75. The molecule has 7 heteroatoms. The number of primary amides is 1. The van der Waals surface area contributed by atoms with E-state index < -0.39 is 0 Å². The molecular formula is C25H29N3O4. The fraction of sp³-hybridized carbons (Fsp3) is 0.400. The standard InChI is InChI=1S/C25H29N3O4/c26-23(29)6-3-17-32-21-10-7-19(8-11-21)25(31)27-15-13-20(14-16-27)28-22-5-2-1-4-18(22)9-12-24(28)30/h1-2,4-5,7-8,10-11,20H,3,6,9,12-17H2,(H2,26,29). The van der Waals surface area contributed by atoms with Crippen molar-refractivity contribution in [3.63, 3.8) is 0 Å².